The van der Waals surface area contributed by atoms with Crippen LogP contribution in [0.5, 0.6) is 0 Å². The molecule has 0 spiro atoms. The van der Waals surface area contributed by atoms with Crippen LogP contribution in [0.25, 0.3) is 0 Å². The van der Waals surface area contributed by atoms with Gasteiger partial charge >= 0.3 is 0 Å². The van der Waals surface area contributed by atoms with Crippen molar-refractivity contribution in [2.24, 2.45) is 0 Å². The van der Waals surface area contributed by atoms with Crippen molar-refractivity contribution in [2.45, 2.75) is 20.3 Å². The number of anilines is 2. The number of ketones is 2. The van der Waals surface area contributed by atoms with Crippen molar-refractivity contribution in [2.75, 3.05) is 30.8 Å². The van der Waals surface area contributed by atoms with Gasteiger partial charge in [0.2, 0.25) is 11.6 Å². The van der Waals surface area contributed by atoms with Gasteiger partial charge in [-0.3, -0.25) is 9.59 Å². The standard InChI is InChI=1S/C23H26N4O2S/c1-4-14-27(5-2)20-19(21(28)17-8-6-7-9-18(17)22(20)29)25-15-10-12-16(13-11-15)26-23(30)24-3/h6-13,25H,4-5,14H2,1-3H3,(H2,24,26,30). The van der Waals surface area contributed by atoms with Gasteiger partial charge in [0.05, 0.1) is 0 Å². The molecule has 156 valence electrons. The second-order valence-corrected chi connectivity index (χ2v) is 7.32. The minimum absolute atomic E-state index is 0.124. The molecule has 3 N–H and O–H groups in total. The van der Waals surface area contributed by atoms with Gasteiger partial charge in [-0.15, -0.1) is 0 Å². The third-order valence-corrected chi connectivity index (χ3v) is 5.23. The number of allylic oxidation sites excluding steroid dienone is 2. The maximum absolute atomic E-state index is 13.3. The van der Waals surface area contributed by atoms with Crippen LogP contribution in [0.4, 0.5) is 11.4 Å². The smallest absolute Gasteiger partial charge is 0.212 e. The summed E-state index contributed by atoms with van der Waals surface area (Å²) >= 11 is 5.12. The first-order valence-corrected chi connectivity index (χ1v) is 10.4. The number of hydrogen-bond acceptors (Lipinski definition) is 5. The third-order valence-electron chi connectivity index (χ3n) is 4.93. The van der Waals surface area contributed by atoms with Gasteiger partial charge in [0.25, 0.3) is 0 Å². The van der Waals surface area contributed by atoms with Crippen molar-refractivity contribution in [1.82, 2.24) is 10.2 Å². The van der Waals surface area contributed by atoms with E-state index in [0.29, 0.717) is 40.7 Å². The average Bonchev–Trinajstić information content (AvgIpc) is 2.77. The highest BCUT2D eigenvalue weighted by atomic mass is 32.1. The zero-order chi connectivity index (χ0) is 21.7. The molecule has 2 aromatic rings. The summed E-state index contributed by atoms with van der Waals surface area (Å²) in [6.07, 6.45) is 0.874. The summed E-state index contributed by atoms with van der Waals surface area (Å²) in [7, 11) is 1.75. The fourth-order valence-electron chi connectivity index (χ4n) is 3.45. The van der Waals surface area contributed by atoms with Crippen molar-refractivity contribution in [3.05, 3.63) is 71.1 Å². The van der Waals surface area contributed by atoms with Crippen LogP contribution >= 0.6 is 12.2 Å². The Kier molecular flexibility index (Phi) is 6.84. The van der Waals surface area contributed by atoms with E-state index in [2.05, 4.69) is 22.9 Å². The van der Waals surface area contributed by atoms with Crippen LogP contribution in [-0.2, 0) is 0 Å². The van der Waals surface area contributed by atoms with Crippen molar-refractivity contribution >= 4 is 40.3 Å². The molecular weight excluding hydrogens is 396 g/mol. The summed E-state index contributed by atoms with van der Waals surface area (Å²) in [6, 6.07) is 14.4. The predicted octanol–water partition coefficient (Wildman–Crippen LogP) is 4.04. The van der Waals surface area contributed by atoms with Crippen LogP contribution in [0.1, 0.15) is 41.0 Å². The van der Waals surface area contributed by atoms with Gasteiger partial charge in [-0.1, -0.05) is 31.2 Å². The minimum Gasteiger partial charge on any atom is -0.367 e. The highest BCUT2D eigenvalue weighted by Crippen LogP contribution is 2.30. The van der Waals surface area contributed by atoms with Gasteiger partial charge in [0, 0.05) is 42.6 Å². The number of nitrogens with one attached hydrogen (secondary N) is 3. The fourth-order valence-corrected chi connectivity index (χ4v) is 3.57. The Bertz CT molecular complexity index is 999. The van der Waals surface area contributed by atoms with E-state index < -0.39 is 0 Å². The quantitative estimate of drug-likeness (QED) is 0.582. The number of carbonyl (C=O) groups excluding carboxylic acids is 2. The van der Waals surface area contributed by atoms with Crippen LogP contribution in [0.3, 0.4) is 0 Å². The van der Waals surface area contributed by atoms with Crippen molar-refractivity contribution < 1.29 is 9.59 Å². The number of likely N-dealkylation sites (N-methyl/N-ethyl adjacent to an activating group) is 1. The predicted molar refractivity (Wildman–Crippen MR) is 125 cm³/mol. The maximum atomic E-state index is 13.3. The molecule has 0 fully saturated rings. The van der Waals surface area contributed by atoms with Crippen LogP contribution < -0.4 is 16.0 Å². The molecule has 2 aromatic carbocycles. The molecule has 0 unspecified atom stereocenters. The first-order valence-electron chi connectivity index (χ1n) is 10.0. The van der Waals surface area contributed by atoms with E-state index in [1.807, 2.05) is 36.1 Å². The summed E-state index contributed by atoms with van der Waals surface area (Å²) in [5, 5.41) is 9.64. The van der Waals surface area contributed by atoms with Crippen LogP contribution in [0.2, 0.25) is 0 Å². The number of benzene rings is 2. The number of carbonyl (C=O) groups is 2. The molecule has 7 heteroatoms. The van der Waals surface area contributed by atoms with Crippen molar-refractivity contribution in [3.63, 3.8) is 0 Å². The first-order chi connectivity index (χ1) is 14.5. The normalized spacial score (nSPS) is 13.0. The molecule has 0 amide bonds. The molecule has 1 aliphatic carbocycles. The van der Waals surface area contributed by atoms with E-state index in [0.717, 1.165) is 17.8 Å². The molecule has 0 aromatic heterocycles. The molecule has 0 bridgehead atoms. The van der Waals surface area contributed by atoms with Crippen LogP contribution in [-0.4, -0.2) is 41.7 Å². The van der Waals surface area contributed by atoms with E-state index in [1.54, 1.807) is 31.3 Å². The average molecular weight is 423 g/mol. The second kappa shape index (κ2) is 9.54. The highest BCUT2D eigenvalue weighted by Gasteiger charge is 2.34. The van der Waals surface area contributed by atoms with Crippen LogP contribution in [0, 0.1) is 0 Å². The van der Waals surface area contributed by atoms with E-state index >= 15 is 0 Å². The molecule has 1 aliphatic rings. The summed E-state index contributed by atoms with van der Waals surface area (Å²) in [4.78, 5) is 28.6. The molecule has 0 aliphatic heterocycles. The molecular formula is C23H26N4O2S. The largest absolute Gasteiger partial charge is 0.367 e. The molecule has 0 saturated heterocycles. The van der Waals surface area contributed by atoms with E-state index in [9.17, 15) is 9.59 Å². The molecule has 6 nitrogen and oxygen atoms in total. The Hall–Kier alpha value is -3.19. The summed E-state index contributed by atoms with van der Waals surface area (Å²) in [6.45, 7) is 5.38. The second-order valence-electron chi connectivity index (χ2n) is 6.91. The number of Topliss-reactive ketones (excluding diaryl/α,β-unsaturated/α-hetero) is 2. The Morgan fingerprint density at radius 3 is 2.10 bits per heavy atom. The lowest BCUT2D eigenvalue weighted by atomic mass is 9.89. The van der Waals surface area contributed by atoms with Gasteiger partial charge in [0.15, 0.2) is 5.11 Å². The Morgan fingerprint density at radius 1 is 0.933 bits per heavy atom. The van der Waals surface area contributed by atoms with Gasteiger partial charge < -0.3 is 20.9 Å². The third kappa shape index (κ3) is 4.36. The van der Waals surface area contributed by atoms with Crippen molar-refractivity contribution in [1.29, 1.82) is 0 Å². The van der Waals surface area contributed by atoms with Gasteiger partial charge in [-0.25, -0.2) is 0 Å². The minimum atomic E-state index is -0.173. The number of fused-ring (bicyclic) bond motifs is 1. The molecule has 3 rings (SSSR count). The van der Waals surface area contributed by atoms with Crippen LogP contribution in [0.15, 0.2) is 59.9 Å². The van der Waals surface area contributed by atoms with Gasteiger partial charge in [0.1, 0.15) is 11.4 Å². The maximum Gasteiger partial charge on any atom is 0.212 e. The lowest BCUT2D eigenvalue weighted by Gasteiger charge is -2.30. The molecule has 0 radical (unpaired) electrons. The first kappa shape index (κ1) is 21.5. The Labute approximate surface area is 182 Å². The SMILES string of the molecule is CCCN(CC)C1=C(Nc2ccc(NC(=S)NC)cc2)C(=O)c2ccccc2C1=O. The molecule has 30 heavy (non-hydrogen) atoms. The number of nitrogens with zero attached hydrogens (tertiary/aromatic N) is 1. The summed E-state index contributed by atoms with van der Waals surface area (Å²) < 4.78 is 0. The molecule has 0 heterocycles. The monoisotopic (exact) mass is 422 g/mol. The fraction of sp³-hybridized carbons (Fsp3) is 0.261. The number of rotatable bonds is 7. The molecule has 0 atom stereocenters. The Balaban J connectivity index is 2.00. The lowest BCUT2D eigenvalue weighted by Crippen LogP contribution is -2.36. The number of thiocarbonyl (C=S) groups is 1. The van der Waals surface area contributed by atoms with E-state index in [-0.39, 0.29) is 11.6 Å². The topological polar surface area (TPSA) is 73.5 Å². The Morgan fingerprint density at radius 2 is 1.53 bits per heavy atom. The summed E-state index contributed by atoms with van der Waals surface area (Å²) in [5.74, 6) is -0.297. The molecule has 0 saturated carbocycles. The van der Waals surface area contributed by atoms with E-state index in [4.69, 9.17) is 12.2 Å². The lowest BCUT2D eigenvalue weighted by molar-refractivity contribution is 0.0943. The zero-order valence-corrected chi connectivity index (χ0v) is 18.2. The van der Waals surface area contributed by atoms with Gasteiger partial charge in [-0.05, 0) is 49.8 Å². The van der Waals surface area contributed by atoms with Gasteiger partial charge in [-0.2, -0.15) is 0 Å². The number of hydrogen-bond donors (Lipinski definition) is 3. The van der Waals surface area contributed by atoms with E-state index in [1.165, 1.54) is 0 Å². The summed E-state index contributed by atoms with van der Waals surface area (Å²) in [5.41, 5.74) is 3.18. The zero-order valence-electron chi connectivity index (χ0n) is 17.4. The van der Waals surface area contributed by atoms with Crippen molar-refractivity contribution in [3.8, 4) is 0 Å². The highest BCUT2D eigenvalue weighted by molar-refractivity contribution is 7.80.